The molecule has 0 atom stereocenters. The van der Waals surface area contributed by atoms with Crippen LogP contribution in [0, 0.1) is 6.92 Å². The number of carbonyl (C=O) groups excluding carboxylic acids is 1. The van der Waals surface area contributed by atoms with Crippen molar-refractivity contribution < 1.29 is 14.1 Å². The zero-order valence-corrected chi connectivity index (χ0v) is 27.1. The third-order valence-electron chi connectivity index (χ3n) is 7.50. The molecule has 0 radical (unpaired) electrons. The van der Waals surface area contributed by atoms with E-state index < -0.39 is 0 Å². The molecule has 0 unspecified atom stereocenters. The summed E-state index contributed by atoms with van der Waals surface area (Å²) in [6, 6.07) is 14.1. The van der Waals surface area contributed by atoms with E-state index in [-0.39, 0.29) is 5.91 Å². The predicted molar refractivity (Wildman–Crippen MR) is 174 cm³/mol. The maximum Gasteiger partial charge on any atom is 0.227 e. The molecule has 4 nitrogen and oxygen atoms in total. The second-order valence-corrected chi connectivity index (χ2v) is 12.6. The molecule has 3 rings (SSSR count). The fraction of sp³-hybridized carbons (Fsp3) is 0.543. The summed E-state index contributed by atoms with van der Waals surface area (Å²) in [6.07, 6.45) is 18.4. The lowest BCUT2D eigenvalue weighted by Crippen LogP contribution is -2.32. The zero-order chi connectivity index (χ0) is 29.3. The van der Waals surface area contributed by atoms with Gasteiger partial charge in [-0.2, -0.15) is 4.57 Å². The number of hydrogen-bond donors (Lipinski definition) is 0. The molecule has 1 aromatic heterocycles. The number of anilines is 1. The van der Waals surface area contributed by atoms with Gasteiger partial charge >= 0.3 is 0 Å². The molecule has 6 heteroatoms. The van der Waals surface area contributed by atoms with Gasteiger partial charge in [-0.15, -0.1) is 0 Å². The highest BCUT2D eigenvalue weighted by Gasteiger charge is 2.17. The van der Waals surface area contributed by atoms with Crippen LogP contribution in [0.3, 0.4) is 0 Å². The van der Waals surface area contributed by atoms with E-state index in [1.807, 2.05) is 42.2 Å². The smallest absolute Gasteiger partial charge is 0.227 e. The molecule has 0 aliphatic rings. The Morgan fingerprint density at radius 2 is 1.56 bits per heavy atom. The lowest BCUT2D eigenvalue weighted by Gasteiger charge is -2.23. The van der Waals surface area contributed by atoms with Gasteiger partial charge in [0.05, 0.1) is 23.1 Å². The zero-order valence-electron chi connectivity index (χ0n) is 25.5. The minimum absolute atomic E-state index is 0.0927. The molecular formula is C35H50ClN2O2S+. The fourth-order valence-electron chi connectivity index (χ4n) is 5.14. The molecule has 1 amide bonds. The molecule has 0 bridgehead atoms. The van der Waals surface area contributed by atoms with Crippen molar-refractivity contribution in [3.63, 3.8) is 0 Å². The molecular weight excluding hydrogens is 548 g/mol. The van der Waals surface area contributed by atoms with Gasteiger partial charge in [0, 0.05) is 17.7 Å². The summed E-state index contributed by atoms with van der Waals surface area (Å²) >= 11 is 8.22. The number of aromatic nitrogens is 1. The van der Waals surface area contributed by atoms with Gasteiger partial charge in [-0.3, -0.25) is 4.79 Å². The Morgan fingerprint density at radius 1 is 0.878 bits per heavy atom. The summed E-state index contributed by atoms with van der Waals surface area (Å²) in [5.41, 5.74) is 5.22. The molecule has 0 spiro atoms. The van der Waals surface area contributed by atoms with Gasteiger partial charge in [-0.1, -0.05) is 126 Å². The quantitative estimate of drug-likeness (QED) is 0.0958. The average molecular weight is 598 g/mol. The van der Waals surface area contributed by atoms with Crippen LogP contribution in [-0.4, -0.2) is 12.5 Å². The van der Waals surface area contributed by atoms with Crippen molar-refractivity contribution in [2.75, 3.05) is 11.5 Å². The number of hydrogen-bond acceptors (Lipinski definition) is 3. The van der Waals surface area contributed by atoms with Crippen LogP contribution in [0.4, 0.5) is 5.69 Å². The summed E-state index contributed by atoms with van der Waals surface area (Å²) in [6.45, 7) is 8.23. The van der Waals surface area contributed by atoms with E-state index in [1.165, 1.54) is 81.1 Å². The lowest BCUT2D eigenvalue weighted by atomic mass is 10.1. The highest BCUT2D eigenvalue weighted by atomic mass is 35.5. The number of halogens is 1. The number of rotatable bonds is 20. The number of nitrogens with zero attached hydrogens (tertiary/aromatic N) is 2. The Bertz CT molecular complexity index is 1180. The first-order valence-electron chi connectivity index (χ1n) is 15.7. The van der Waals surface area contributed by atoms with Crippen molar-refractivity contribution >= 4 is 34.5 Å². The van der Waals surface area contributed by atoms with E-state index in [1.54, 1.807) is 11.3 Å². The van der Waals surface area contributed by atoms with Crippen LogP contribution in [0.1, 0.15) is 113 Å². The number of ether oxygens (including phenoxy) is 1. The Morgan fingerprint density at radius 3 is 2.20 bits per heavy atom. The Kier molecular flexibility index (Phi) is 15.3. The number of benzene rings is 2. The highest BCUT2D eigenvalue weighted by molar-refractivity contribution is 7.09. The maximum absolute atomic E-state index is 13.0. The van der Waals surface area contributed by atoms with Crippen LogP contribution < -0.4 is 14.2 Å². The van der Waals surface area contributed by atoms with Crippen LogP contribution in [0.25, 0.3) is 0 Å². The van der Waals surface area contributed by atoms with Gasteiger partial charge in [-0.05, 0) is 43.2 Å². The molecule has 0 saturated heterocycles. The first-order chi connectivity index (χ1) is 20.0. The summed E-state index contributed by atoms with van der Waals surface area (Å²) in [4.78, 5) is 16.2. The summed E-state index contributed by atoms with van der Waals surface area (Å²) in [5.74, 6) is 0.796. The topological polar surface area (TPSA) is 33.4 Å². The van der Waals surface area contributed by atoms with Crippen LogP contribution in [0.5, 0.6) is 5.75 Å². The van der Waals surface area contributed by atoms with E-state index in [0.29, 0.717) is 30.3 Å². The number of aryl methyl sites for hydroxylation is 1. The molecule has 0 saturated carbocycles. The number of carbonyl (C=O) groups is 1. The SMILES string of the molecule is CCCCCCCCCCCCCCOc1cc(CN(C(=O)CC)c2cccc(C[n+]3csc(C)c3)c2)ccc1Cl. The molecule has 224 valence electrons. The minimum Gasteiger partial charge on any atom is -0.492 e. The van der Waals surface area contributed by atoms with E-state index in [4.69, 9.17) is 16.3 Å². The fourth-order valence-corrected chi connectivity index (χ4v) is 5.95. The maximum atomic E-state index is 13.0. The normalized spacial score (nSPS) is 11.1. The largest absolute Gasteiger partial charge is 0.492 e. The standard InChI is InChI=1S/C35H50ClN2O2S/c1-4-6-7-8-9-10-11-12-13-14-15-16-22-40-34-24-31(20-21-33(34)36)27-38(35(39)5-2)32-19-17-18-30(23-32)26-37-25-29(3)41-28-37/h17-21,23-25,28H,4-16,22,26-27H2,1-3H3/q+1. The second-order valence-electron chi connectivity index (χ2n) is 11.1. The van der Waals surface area contributed by atoms with Crippen LogP contribution in [0.2, 0.25) is 5.02 Å². The van der Waals surface area contributed by atoms with Crippen molar-refractivity contribution in [3.8, 4) is 5.75 Å². The van der Waals surface area contributed by atoms with Crippen molar-refractivity contribution in [3.05, 3.63) is 75.2 Å². The molecule has 0 aliphatic carbocycles. The van der Waals surface area contributed by atoms with Gasteiger partial charge in [0.1, 0.15) is 5.75 Å². The van der Waals surface area contributed by atoms with E-state index in [0.717, 1.165) is 24.2 Å². The Labute approximate surface area is 257 Å². The van der Waals surface area contributed by atoms with E-state index in [9.17, 15) is 4.79 Å². The molecule has 0 N–H and O–H groups in total. The summed E-state index contributed by atoms with van der Waals surface area (Å²) in [7, 11) is 0. The predicted octanol–water partition coefficient (Wildman–Crippen LogP) is 10.1. The third-order valence-corrected chi connectivity index (χ3v) is 8.67. The van der Waals surface area contributed by atoms with Crippen LogP contribution >= 0.6 is 22.9 Å². The monoisotopic (exact) mass is 597 g/mol. The highest BCUT2D eigenvalue weighted by Crippen LogP contribution is 2.28. The third kappa shape index (κ3) is 12.2. The van der Waals surface area contributed by atoms with Gasteiger partial charge in [0.2, 0.25) is 11.4 Å². The second kappa shape index (κ2) is 18.9. The van der Waals surface area contributed by atoms with E-state index >= 15 is 0 Å². The van der Waals surface area contributed by atoms with Crippen molar-refractivity contribution in [2.45, 2.75) is 117 Å². The van der Waals surface area contributed by atoms with Crippen molar-refractivity contribution in [1.82, 2.24) is 0 Å². The summed E-state index contributed by atoms with van der Waals surface area (Å²) in [5, 5.41) is 0.617. The molecule has 2 aromatic carbocycles. The van der Waals surface area contributed by atoms with Gasteiger partial charge in [0.25, 0.3) is 0 Å². The number of thiazole rings is 1. The number of unbranched alkanes of at least 4 members (excludes halogenated alkanes) is 11. The minimum atomic E-state index is 0.0927. The first kappa shape index (κ1) is 33.1. The first-order valence-corrected chi connectivity index (χ1v) is 17.0. The molecule has 41 heavy (non-hydrogen) atoms. The van der Waals surface area contributed by atoms with Crippen molar-refractivity contribution in [2.24, 2.45) is 0 Å². The molecule has 0 fully saturated rings. The molecule has 0 aliphatic heterocycles. The van der Waals surface area contributed by atoms with Crippen molar-refractivity contribution in [1.29, 1.82) is 0 Å². The Hall–Kier alpha value is -2.37. The van der Waals surface area contributed by atoms with Gasteiger partial charge in [0.15, 0.2) is 12.7 Å². The average Bonchev–Trinajstić information content (AvgIpc) is 3.39. The summed E-state index contributed by atoms with van der Waals surface area (Å²) < 4.78 is 8.28. The van der Waals surface area contributed by atoms with Gasteiger partial charge in [-0.25, -0.2) is 0 Å². The lowest BCUT2D eigenvalue weighted by molar-refractivity contribution is -0.683. The number of amides is 1. The van der Waals surface area contributed by atoms with Crippen LogP contribution in [-0.2, 0) is 17.9 Å². The molecule has 1 heterocycles. The van der Waals surface area contributed by atoms with Crippen LogP contribution in [0.15, 0.2) is 54.2 Å². The van der Waals surface area contributed by atoms with Gasteiger partial charge < -0.3 is 9.64 Å². The molecule has 3 aromatic rings. The van der Waals surface area contributed by atoms with E-state index in [2.05, 4.69) is 42.3 Å². The Balaban J connectivity index is 1.47.